The smallest absolute Gasteiger partial charge is 0.0716 e. The Balaban J connectivity index is 1.84. The molecule has 0 N–H and O–H groups in total. The van der Waals surface area contributed by atoms with E-state index in [-0.39, 0.29) is 0 Å². The van der Waals surface area contributed by atoms with Gasteiger partial charge in [-0.3, -0.25) is 0 Å². The fourth-order valence-electron chi connectivity index (χ4n) is 2.97. The van der Waals surface area contributed by atoms with Crippen LogP contribution in [0.15, 0.2) is 35.9 Å². The zero-order chi connectivity index (χ0) is 14.2. The van der Waals surface area contributed by atoms with Crippen molar-refractivity contribution in [2.45, 2.75) is 51.6 Å². The van der Waals surface area contributed by atoms with Crippen molar-refractivity contribution in [3.63, 3.8) is 0 Å². The minimum atomic E-state index is 0.686. The summed E-state index contributed by atoms with van der Waals surface area (Å²) in [6, 6.07) is 9.01. The first-order chi connectivity index (χ1) is 9.83. The van der Waals surface area contributed by atoms with Crippen molar-refractivity contribution in [2.75, 3.05) is 6.61 Å². The lowest BCUT2D eigenvalue weighted by Gasteiger charge is -2.27. The van der Waals surface area contributed by atoms with Crippen LogP contribution in [0.5, 0.6) is 0 Å². The summed E-state index contributed by atoms with van der Waals surface area (Å²) in [5, 5.41) is 0. The molecule has 1 saturated carbocycles. The number of rotatable bonds is 6. The molecule has 0 aliphatic heterocycles. The molecule has 0 heterocycles. The van der Waals surface area contributed by atoms with Crippen molar-refractivity contribution in [3.8, 4) is 0 Å². The molecule has 0 atom stereocenters. The fourth-order valence-corrected chi connectivity index (χ4v) is 3.17. The SMILES string of the molecule is CCCOCc1ccc(C2CCC(/C=C/Cl)CC2)cc1. The topological polar surface area (TPSA) is 9.23 Å². The normalized spacial score (nSPS) is 23.3. The van der Waals surface area contributed by atoms with E-state index in [1.54, 1.807) is 5.54 Å². The Morgan fingerprint density at radius 2 is 1.85 bits per heavy atom. The number of halogens is 1. The highest BCUT2D eigenvalue weighted by molar-refractivity contribution is 6.25. The molecule has 0 saturated heterocycles. The molecule has 0 bridgehead atoms. The third-order valence-electron chi connectivity index (χ3n) is 4.19. The van der Waals surface area contributed by atoms with Gasteiger partial charge in [0.2, 0.25) is 0 Å². The van der Waals surface area contributed by atoms with Crippen LogP contribution in [0.25, 0.3) is 0 Å². The minimum Gasteiger partial charge on any atom is -0.377 e. The maximum Gasteiger partial charge on any atom is 0.0716 e. The lowest BCUT2D eigenvalue weighted by molar-refractivity contribution is 0.121. The second-order valence-electron chi connectivity index (χ2n) is 5.72. The molecular weight excluding hydrogens is 268 g/mol. The molecule has 2 rings (SSSR count). The summed E-state index contributed by atoms with van der Waals surface area (Å²) < 4.78 is 5.58. The summed E-state index contributed by atoms with van der Waals surface area (Å²) in [5.41, 5.74) is 4.44. The number of hydrogen-bond acceptors (Lipinski definition) is 1. The Morgan fingerprint density at radius 1 is 1.15 bits per heavy atom. The molecule has 1 nitrogen and oxygen atoms in total. The van der Waals surface area contributed by atoms with E-state index >= 15 is 0 Å². The van der Waals surface area contributed by atoms with Crippen LogP contribution < -0.4 is 0 Å². The average molecular weight is 293 g/mol. The molecule has 1 aliphatic rings. The van der Waals surface area contributed by atoms with Crippen LogP contribution >= 0.6 is 11.6 Å². The van der Waals surface area contributed by atoms with E-state index in [2.05, 4.69) is 37.3 Å². The molecule has 20 heavy (non-hydrogen) atoms. The van der Waals surface area contributed by atoms with Crippen LogP contribution in [0.2, 0.25) is 0 Å². The first-order valence-corrected chi connectivity index (χ1v) is 8.20. The monoisotopic (exact) mass is 292 g/mol. The van der Waals surface area contributed by atoms with Crippen LogP contribution in [-0.2, 0) is 11.3 Å². The van der Waals surface area contributed by atoms with Crippen LogP contribution in [0.4, 0.5) is 0 Å². The molecule has 1 fully saturated rings. The second kappa shape index (κ2) is 8.49. The molecule has 0 aromatic heterocycles. The third-order valence-corrected chi connectivity index (χ3v) is 4.33. The largest absolute Gasteiger partial charge is 0.377 e. The van der Waals surface area contributed by atoms with Gasteiger partial charge in [-0.15, -0.1) is 0 Å². The molecule has 0 radical (unpaired) electrons. The van der Waals surface area contributed by atoms with Crippen molar-refractivity contribution in [1.82, 2.24) is 0 Å². The lowest BCUT2D eigenvalue weighted by Crippen LogP contribution is -2.11. The third kappa shape index (κ3) is 4.64. The molecule has 0 unspecified atom stereocenters. The Hall–Kier alpha value is -0.790. The van der Waals surface area contributed by atoms with Gasteiger partial charge in [-0.25, -0.2) is 0 Å². The van der Waals surface area contributed by atoms with Gasteiger partial charge in [-0.1, -0.05) is 48.9 Å². The molecular formula is C18H25ClO. The van der Waals surface area contributed by atoms with Crippen molar-refractivity contribution in [1.29, 1.82) is 0 Å². The van der Waals surface area contributed by atoms with E-state index in [9.17, 15) is 0 Å². The van der Waals surface area contributed by atoms with E-state index in [0.717, 1.165) is 25.6 Å². The van der Waals surface area contributed by atoms with Gasteiger partial charge < -0.3 is 4.74 Å². The maximum atomic E-state index is 5.67. The van der Waals surface area contributed by atoms with Crippen LogP contribution in [0.1, 0.15) is 56.1 Å². The van der Waals surface area contributed by atoms with Crippen molar-refractivity contribution < 1.29 is 4.74 Å². The molecule has 1 aromatic carbocycles. The van der Waals surface area contributed by atoms with Gasteiger partial charge in [-0.05, 0) is 55.1 Å². The predicted octanol–water partition coefficient (Wildman–Crippen LogP) is 5.64. The summed E-state index contributed by atoms with van der Waals surface area (Å²) in [7, 11) is 0. The molecule has 1 aromatic rings. The lowest BCUT2D eigenvalue weighted by atomic mass is 9.79. The summed E-state index contributed by atoms with van der Waals surface area (Å²) >= 11 is 5.67. The van der Waals surface area contributed by atoms with E-state index in [1.807, 2.05) is 0 Å². The summed E-state index contributed by atoms with van der Waals surface area (Å²) in [6.07, 6.45) is 8.30. The summed E-state index contributed by atoms with van der Waals surface area (Å²) in [5.74, 6) is 1.41. The highest BCUT2D eigenvalue weighted by atomic mass is 35.5. The standard InChI is InChI=1S/C18H25ClO/c1-2-13-20-14-16-5-9-18(10-6-16)17-7-3-15(4-8-17)11-12-19/h5-6,9-12,15,17H,2-4,7-8,13-14H2,1H3/b12-11+. The average Bonchev–Trinajstić information content (AvgIpc) is 2.49. The van der Waals surface area contributed by atoms with E-state index in [4.69, 9.17) is 16.3 Å². The maximum absolute atomic E-state index is 5.67. The summed E-state index contributed by atoms with van der Waals surface area (Å²) in [6.45, 7) is 3.72. The highest BCUT2D eigenvalue weighted by Crippen LogP contribution is 2.36. The quantitative estimate of drug-likeness (QED) is 0.617. The number of allylic oxidation sites excluding steroid dienone is 1. The van der Waals surface area contributed by atoms with Crippen molar-refractivity contribution in [2.24, 2.45) is 5.92 Å². The zero-order valence-electron chi connectivity index (χ0n) is 12.4. The number of hydrogen-bond donors (Lipinski definition) is 0. The molecule has 0 amide bonds. The second-order valence-corrected chi connectivity index (χ2v) is 5.98. The van der Waals surface area contributed by atoms with E-state index < -0.39 is 0 Å². The van der Waals surface area contributed by atoms with Gasteiger partial charge in [0.25, 0.3) is 0 Å². The summed E-state index contributed by atoms with van der Waals surface area (Å²) in [4.78, 5) is 0. The molecule has 0 spiro atoms. The minimum absolute atomic E-state index is 0.686. The Kier molecular flexibility index (Phi) is 6.62. The Morgan fingerprint density at radius 3 is 2.45 bits per heavy atom. The highest BCUT2D eigenvalue weighted by Gasteiger charge is 2.20. The van der Waals surface area contributed by atoms with Crippen molar-refractivity contribution in [3.05, 3.63) is 47.0 Å². The first kappa shape index (κ1) is 15.6. The zero-order valence-corrected chi connectivity index (χ0v) is 13.1. The van der Waals surface area contributed by atoms with E-state index in [1.165, 1.54) is 36.8 Å². The molecule has 110 valence electrons. The van der Waals surface area contributed by atoms with Crippen LogP contribution in [-0.4, -0.2) is 6.61 Å². The van der Waals surface area contributed by atoms with Crippen LogP contribution in [0, 0.1) is 5.92 Å². The van der Waals surface area contributed by atoms with E-state index in [0.29, 0.717) is 5.92 Å². The fraction of sp³-hybridized carbons (Fsp3) is 0.556. The molecule has 1 aliphatic carbocycles. The Labute approximate surface area is 128 Å². The van der Waals surface area contributed by atoms with Gasteiger partial charge in [0.15, 0.2) is 0 Å². The van der Waals surface area contributed by atoms with Gasteiger partial charge in [0.05, 0.1) is 6.61 Å². The van der Waals surface area contributed by atoms with Crippen LogP contribution in [0.3, 0.4) is 0 Å². The first-order valence-electron chi connectivity index (χ1n) is 7.77. The predicted molar refractivity (Wildman–Crippen MR) is 86.1 cm³/mol. The Bertz CT molecular complexity index is 402. The number of ether oxygens (including phenoxy) is 1. The van der Waals surface area contributed by atoms with Gasteiger partial charge >= 0.3 is 0 Å². The van der Waals surface area contributed by atoms with Crippen molar-refractivity contribution >= 4 is 11.6 Å². The van der Waals surface area contributed by atoms with Gasteiger partial charge in [0.1, 0.15) is 0 Å². The van der Waals surface area contributed by atoms with Gasteiger partial charge in [-0.2, -0.15) is 0 Å². The van der Waals surface area contributed by atoms with Gasteiger partial charge in [0, 0.05) is 12.1 Å². The molecule has 2 heteroatoms. The number of benzene rings is 1.